The van der Waals surface area contributed by atoms with Gasteiger partial charge in [-0.05, 0) is 41.5 Å². The summed E-state index contributed by atoms with van der Waals surface area (Å²) in [6.45, 7) is 7.86. The van der Waals surface area contributed by atoms with Crippen LogP contribution in [0.15, 0.2) is 47.3 Å². The van der Waals surface area contributed by atoms with Gasteiger partial charge < -0.3 is 9.88 Å². The summed E-state index contributed by atoms with van der Waals surface area (Å²) >= 11 is 5.94. The van der Waals surface area contributed by atoms with Gasteiger partial charge in [-0.25, -0.2) is 0 Å². The summed E-state index contributed by atoms with van der Waals surface area (Å²) in [5.74, 6) is 0.206. The van der Waals surface area contributed by atoms with Crippen LogP contribution in [0, 0.1) is 0 Å². The molecule has 1 saturated heterocycles. The predicted molar refractivity (Wildman–Crippen MR) is 124 cm³/mol. The third kappa shape index (κ3) is 5.63. The molecule has 3 rings (SSSR count). The van der Waals surface area contributed by atoms with Gasteiger partial charge >= 0.3 is 0 Å². The lowest BCUT2D eigenvalue weighted by Crippen LogP contribution is -2.33. The molecule has 2 heterocycles. The molecule has 1 aromatic heterocycles. The number of carbonyl (C=O) groups excluding carboxylic acids is 1. The van der Waals surface area contributed by atoms with Crippen LogP contribution in [0.2, 0.25) is 5.02 Å². The summed E-state index contributed by atoms with van der Waals surface area (Å²) in [6, 6.07) is 11.8. The molecular weight excluding hydrogens is 396 g/mol. The maximum atomic E-state index is 12.5. The first kappa shape index (κ1) is 22.4. The molecule has 4 nitrogen and oxygen atoms in total. The molecule has 1 fully saturated rings. The standard InChI is InChI=1S/C25H31ClN2O2/c1-25(2,3)19-11-9-18(10-12-19)20(22-14-13-21(26)24(30)27-22)15-17-28-16-7-5-4-6-8-23(28)29/h9-15H,4-8,16-17H2,1-3H3,(H,27,30)/b20-15+. The van der Waals surface area contributed by atoms with E-state index in [0.29, 0.717) is 18.7 Å². The maximum Gasteiger partial charge on any atom is 0.267 e. The Hall–Kier alpha value is -2.33. The topological polar surface area (TPSA) is 53.2 Å². The van der Waals surface area contributed by atoms with E-state index in [1.165, 1.54) is 12.0 Å². The highest BCUT2D eigenvalue weighted by molar-refractivity contribution is 6.30. The summed E-state index contributed by atoms with van der Waals surface area (Å²) in [6.07, 6.45) is 6.95. The summed E-state index contributed by atoms with van der Waals surface area (Å²) < 4.78 is 0. The van der Waals surface area contributed by atoms with Crippen molar-refractivity contribution in [1.29, 1.82) is 0 Å². The second kappa shape index (κ2) is 9.65. The highest BCUT2D eigenvalue weighted by atomic mass is 35.5. The second-order valence-corrected chi connectivity index (χ2v) is 9.41. The Morgan fingerprint density at radius 2 is 1.73 bits per heavy atom. The largest absolute Gasteiger partial charge is 0.339 e. The zero-order valence-electron chi connectivity index (χ0n) is 18.1. The summed E-state index contributed by atoms with van der Waals surface area (Å²) in [4.78, 5) is 29.5. The van der Waals surface area contributed by atoms with Crippen molar-refractivity contribution >= 4 is 23.1 Å². The van der Waals surface area contributed by atoms with Gasteiger partial charge in [0.15, 0.2) is 0 Å². The number of halogens is 1. The zero-order chi connectivity index (χ0) is 21.7. The number of hydrogen-bond donors (Lipinski definition) is 1. The molecular formula is C25H31ClN2O2. The first-order valence-corrected chi connectivity index (χ1v) is 11.1. The SMILES string of the molecule is CC(C)(C)c1ccc(/C(=C\CN2CCCCCCC2=O)c2ccc(Cl)c(=O)[nH]2)cc1. The van der Waals surface area contributed by atoms with E-state index in [4.69, 9.17) is 11.6 Å². The van der Waals surface area contributed by atoms with E-state index in [9.17, 15) is 9.59 Å². The lowest BCUT2D eigenvalue weighted by molar-refractivity contribution is -0.131. The molecule has 0 spiro atoms. The zero-order valence-corrected chi connectivity index (χ0v) is 18.9. The molecule has 0 radical (unpaired) electrons. The Morgan fingerprint density at radius 3 is 2.40 bits per heavy atom. The van der Waals surface area contributed by atoms with Crippen molar-refractivity contribution in [2.45, 2.75) is 58.3 Å². The second-order valence-electron chi connectivity index (χ2n) is 9.00. The molecule has 0 aliphatic carbocycles. The molecule has 0 bridgehead atoms. The van der Waals surface area contributed by atoms with Crippen molar-refractivity contribution in [3.63, 3.8) is 0 Å². The smallest absolute Gasteiger partial charge is 0.267 e. The third-order valence-corrected chi connectivity index (χ3v) is 5.95. The van der Waals surface area contributed by atoms with Crippen molar-refractivity contribution in [2.24, 2.45) is 0 Å². The molecule has 0 saturated carbocycles. The summed E-state index contributed by atoms with van der Waals surface area (Å²) in [5.41, 5.74) is 3.60. The Kier molecular flexibility index (Phi) is 7.19. The number of amides is 1. The van der Waals surface area contributed by atoms with Gasteiger partial charge in [0.2, 0.25) is 5.91 Å². The fourth-order valence-corrected chi connectivity index (χ4v) is 3.87. The highest BCUT2D eigenvalue weighted by Gasteiger charge is 2.17. The molecule has 5 heteroatoms. The van der Waals surface area contributed by atoms with E-state index in [1.807, 2.05) is 17.0 Å². The summed E-state index contributed by atoms with van der Waals surface area (Å²) in [7, 11) is 0. The van der Waals surface area contributed by atoms with Gasteiger partial charge in [0, 0.05) is 30.8 Å². The van der Waals surface area contributed by atoms with E-state index in [1.54, 1.807) is 6.07 Å². The normalized spacial score (nSPS) is 16.3. The van der Waals surface area contributed by atoms with E-state index in [2.05, 4.69) is 50.0 Å². The van der Waals surface area contributed by atoms with Crippen molar-refractivity contribution in [3.05, 3.63) is 74.7 Å². The molecule has 1 amide bonds. The number of pyridine rings is 1. The summed E-state index contributed by atoms with van der Waals surface area (Å²) in [5, 5.41) is 0.167. The number of aromatic amines is 1. The van der Waals surface area contributed by atoms with Crippen LogP contribution in [0.25, 0.3) is 5.57 Å². The van der Waals surface area contributed by atoms with Gasteiger partial charge in [-0.1, -0.05) is 75.6 Å². The molecule has 30 heavy (non-hydrogen) atoms. The first-order chi connectivity index (χ1) is 14.3. The fourth-order valence-electron chi connectivity index (χ4n) is 3.76. The fraction of sp³-hybridized carbons (Fsp3) is 0.440. The monoisotopic (exact) mass is 426 g/mol. The van der Waals surface area contributed by atoms with E-state index < -0.39 is 0 Å². The molecule has 1 N–H and O–H groups in total. The minimum Gasteiger partial charge on any atom is -0.339 e. The van der Waals surface area contributed by atoms with E-state index in [0.717, 1.165) is 36.9 Å². The predicted octanol–water partition coefficient (Wildman–Crippen LogP) is 5.55. The van der Waals surface area contributed by atoms with Gasteiger partial charge in [-0.2, -0.15) is 0 Å². The van der Waals surface area contributed by atoms with Crippen molar-refractivity contribution in [3.8, 4) is 0 Å². The number of H-pyrrole nitrogens is 1. The van der Waals surface area contributed by atoms with Gasteiger partial charge in [0.1, 0.15) is 5.02 Å². The van der Waals surface area contributed by atoms with Gasteiger partial charge in [0.05, 0.1) is 0 Å². The van der Waals surface area contributed by atoms with Crippen LogP contribution < -0.4 is 5.56 Å². The van der Waals surface area contributed by atoms with Crippen LogP contribution in [0.4, 0.5) is 0 Å². The molecule has 1 aromatic carbocycles. The molecule has 1 aliphatic rings. The van der Waals surface area contributed by atoms with Crippen molar-refractivity contribution in [1.82, 2.24) is 9.88 Å². The Labute approximate surface area is 184 Å². The quantitative estimate of drug-likeness (QED) is 0.696. The average molecular weight is 427 g/mol. The molecule has 0 unspecified atom stereocenters. The minimum absolute atomic E-state index is 0.0635. The first-order valence-electron chi connectivity index (χ1n) is 10.7. The molecule has 1 aliphatic heterocycles. The van der Waals surface area contributed by atoms with Crippen LogP contribution in [0.1, 0.15) is 69.7 Å². The molecule has 160 valence electrons. The number of carbonyl (C=O) groups is 1. The lowest BCUT2D eigenvalue weighted by atomic mass is 9.86. The van der Waals surface area contributed by atoms with E-state index >= 15 is 0 Å². The van der Waals surface area contributed by atoms with Crippen LogP contribution in [-0.2, 0) is 10.2 Å². The minimum atomic E-state index is -0.311. The van der Waals surface area contributed by atoms with Gasteiger partial charge in [-0.15, -0.1) is 0 Å². The van der Waals surface area contributed by atoms with Crippen molar-refractivity contribution in [2.75, 3.05) is 13.1 Å². The number of nitrogens with zero attached hydrogens (tertiary/aromatic N) is 1. The maximum absolute atomic E-state index is 12.5. The third-order valence-electron chi connectivity index (χ3n) is 5.65. The van der Waals surface area contributed by atoms with Crippen molar-refractivity contribution < 1.29 is 4.79 Å². The van der Waals surface area contributed by atoms with Gasteiger partial charge in [-0.3, -0.25) is 9.59 Å². The van der Waals surface area contributed by atoms with Crippen LogP contribution in [0.3, 0.4) is 0 Å². The lowest BCUT2D eigenvalue weighted by Gasteiger charge is -2.24. The van der Waals surface area contributed by atoms with Gasteiger partial charge in [0.25, 0.3) is 5.56 Å². The highest BCUT2D eigenvalue weighted by Crippen LogP contribution is 2.27. The Balaban J connectivity index is 1.96. The number of likely N-dealkylation sites (tertiary alicyclic amines) is 1. The Morgan fingerprint density at radius 1 is 1.03 bits per heavy atom. The molecule has 2 aromatic rings. The number of aromatic nitrogens is 1. The number of nitrogens with one attached hydrogen (secondary N) is 1. The number of hydrogen-bond acceptors (Lipinski definition) is 2. The number of rotatable bonds is 4. The molecule has 0 atom stereocenters. The number of benzene rings is 1. The average Bonchev–Trinajstić information content (AvgIpc) is 2.69. The Bertz CT molecular complexity index is 968. The van der Waals surface area contributed by atoms with Crippen LogP contribution >= 0.6 is 11.6 Å². The van der Waals surface area contributed by atoms with Crippen LogP contribution in [0.5, 0.6) is 0 Å². The van der Waals surface area contributed by atoms with Crippen LogP contribution in [-0.4, -0.2) is 28.9 Å². The van der Waals surface area contributed by atoms with E-state index in [-0.39, 0.29) is 21.9 Å².